The Morgan fingerprint density at radius 1 is 0.714 bits per heavy atom. The Bertz CT molecular complexity index is 1620. The highest BCUT2D eigenvalue weighted by atomic mass is 16.8. The smallest absolute Gasteiger partial charge is 0.331 e. The third-order valence-corrected chi connectivity index (χ3v) is 9.57. The summed E-state index contributed by atoms with van der Waals surface area (Å²) in [4.78, 5) is 13.4. The Kier molecular flexibility index (Phi) is 14.9. The van der Waals surface area contributed by atoms with Crippen LogP contribution >= 0.6 is 0 Å². The normalized spacial score (nSPS) is 36.4. The fourth-order valence-corrected chi connectivity index (χ4v) is 6.29. The van der Waals surface area contributed by atoms with Crippen molar-refractivity contribution in [1.29, 1.82) is 0 Å². The second-order valence-corrected chi connectivity index (χ2v) is 13.5. The van der Waals surface area contributed by atoms with Crippen LogP contribution in [0.4, 0.5) is 0 Å². The molecule has 0 aliphatic carbocycles. The Hall–Kier alpha value is -3.71. The molecule has 11 N–H and O–H groups in total. The first kappa shape index (κ1) is 43.4. The third-order valence-electron chi connectivity index (χ3n) is 9.57. The van der Waals surface area contributed by atoms with Gasteiger partial charge in [0.15, 0.2) is 48.0 Å². The predicted molar refractivity (Wildman–Crippen MR) is 185 cm³/mol. The minimum Gasteiger partial charge on any atom is -0.504 e. The number of phenolic OH excluding ortho intramolecular Hbond substituents is 3. The summed E-state index contributed by atoms with van der Waals surface area (Å²) in [6, 6.07) is 8.31. The fourth-order valence-electron chi connectivity index (χ4n) is 6.29. The minimum atomic E-state index is -1.87. The van der Waals surface area contributed by atoms with Crippen LogP contribution in [0.3, 0.4) is 0 Å². The van der Waals surface area contributed by atoms with Gasteiger partial charge in [0.2, 0.25) is 0 Å². The maximum absolute atomic E-state index is 13.4. The number of methoxy groups -OCH3 is 1. The van der Waals surface area contributed by atoms with Gasteiger partial charge < -0.3 is 94.1 Å². The Morgan fingerprint density at radius 2 is 1.38 bits per heavy atom. The van der Waals surface area contributed by atoms with Crippen molar-refractivity contribution in [3.8, 4) is 23.0 Å². The van der Waals surface area contributed by atoms with Gasteiger partial charge in [0.1, 0.15) is 61.0 Å². The van der Waals surface area contributed by atoms with Gasteiger partial charge >= 0.3 is 5.97 Å². The van der Waals surface area contributed by atoms with E-state index in [-0.39, 0.29) is 36.0 Å². The van der Waals surface area contributed by atoms with Crippen LogP contribution in [0.2, 0.25) is 0 Å². The Labute approximate surface area is 319 Å². The van der Waals surface area contributed by atoms with Gasteiger partial charge in [0, 0.05) is 6.08 Å². The fraction of sp³-hybridized carbons (Fsp3) is 0.583. The molecule has 312 valence electrons. The van der Waals surface area contributed by atoms with Gasteiger partial charge in [-0.1, -0.05) is 12.1 Å². The summed E-state index contributed by atoms with van der Waals surface area (Å²) < 4.78 is 45.5. The molecule has 0 spiro atoms. The summed E-state index contributed by atoms with van der Waals surface area (Å²) in [7, 11) is 1.33. The standard InChI is InChI=1S/C36H48O20/c1-15-25(42)27(44)30(47)36(52-15)56-33-31(48)35(50-10-9-17-3-6-18(38)20(40)11-17)54-23(14-51-34-29(46)28(45)26(43)22(13-37)53-34)32(33)55-24(41)8-5-16-4-7-19(39)21(12-16)49-2/h3-8,11-12,15,22-23,25-40,42-48H,9-10,13-14H2,1-2H3/b8-5+/t15-,22+,23+,25+,26+,27+,28-,29+,30+,31+,32+,33+,34+,35+,36-/m0/s1. The maximum Gasteiger partial charge on any atom is 0.331 e. The zero-order chi connectivity index (χ0) is 40.8. The van der Waals surface area contributed by atoms with E-state index in [1.54, 1.807) is 0 Å². The molecule has 20 heteroatoms. The molecule has 15 atom stereocenters. The van der Waals surface area contributed by atoms with E-state index in [0.29, 0.717) is 11.1 Å². The first-order valence-electron chi connectivity index (χ1n) is 17.6. The molecule has 3 aliphatic rings. The van der Waals surface area contributed by atoms with Crippen molar-refractivity contribution in [3.63, 3.8) is 0 Å². The van der Waals surface area contributed by atoms with E-state index in [1.807, 2.05) is 0 Å². The lowest BCUT2D eigenvalue weighted by atomic mass is 9.96. The number of aromatic hydroxyl groups is 3. The van der Waals surface area contributed by atoms with Crippen molar-refractivity contribution < 1.29 is 98.9 Å². The number of rotatable bonds is 14. The second kappa shape index (κ2) is 19.2. The summed E-state index contributed by atoms with van der Waals surface area (Å²) in [5.74, 6) is -1.81. The largest absolute Gasteiger partial charge is 0.504 e. The first-order valence-corrected chi connectivity index (χ1v) is 17.6. The number of esters is 1. The van der Waals surface area contributed by atoms with Crippen molar-refractivity contribution in [2.75, 3.05) is 26.9 Å². The number of carbonyl (C=O) groups excluding carboxylic acids is 1. The molecular weight excluding hydrogens is 752 g/mol. The average Bonchev–Trinajstić information content (AvgIpc) is 3.18. The SMILES string of the molecule is COc1cc(/C=C/C(=O)O[C@H]2[C@H](O[C@@H]3O[C@@H](C)[C@@H](O)[C@@H](O)[C@H]3O)[C@@H](O)[C@H](OCCc3ccc(O)c(O)c3)O[C@@H]2CO[C@@H]2O[C@H](CO)[C@@H](O)[C@H](O)[C@H]2O)ccc1O. The van der Waals surface area contributed by atoms with Crippen molar-refractivity contribution >= 4 is 12.0 Å². The second-order valence-electron chi connectivity index (χ2n) is 13.5. The van der Waals surface area contributed by atoms with Crippen LogP contribution in [0.25, 0.3) is 6.08 Å². The topological polar surface area (TPSA) is 313 Å². The molecule has 20 nitrogen and oxygen atoms in total. The van der Waals surface area contributed by atoms with Gasteiger partial charge in [-0.2, -0.15) is 0 Å². The third kappa shape index (κ3) is 10.0. The molecule has 0 amide bonds. The van der Waals surface area contributed by atoms with Gasteiger partial charge in [-0.05, 0) is 54.8 Å². The highest BCUT2D eigenvalue weighted by Crippen LogP contribution is 2.33. The van der Waals surface area contributed by atoms with E-state index < -0.39 is 111 Å². The monoisotopic (exact) mass is 800 g/mol. The van der Waals surface area contributed by atoms with E-state index in [2.05, 4.69) is 0 Å². The maximum atomic E-state index is 13.4. The van der Waals surface area contributed by atoms with Crippen LogP contribution in [0.1, 0.15) is 18.1 Å². The van der Waals surface area contributed by atoms with Crippen molar-refractivity contribution in [3.05, 3.63) is 53.6 Å². The Balaban J connectivity index is 1.44. The van der Waals surface area contributed by atoms with E-state index in [4.69, 9.17) is 37.9 Å². The molecule has 0 saturated carbocycles. The molecule has 0 bridgehead atoms. The predicted octanol–water partition coefficient (Wildman–Crippen LogP) is -2.89. The number of carbonyl (C=O) groups is 1. The number of phenols is 3. The number of hydrogen-bond acceptors (Lipinski definition) is 20. The van der Waals surface area contributed by atoms with Gasteiger partial charge in [-0.25, -0.2) is 4.79 Å². The summed E-state index contributed by atoms with van der Waals surface area (Å²) in [6.07, 6.45) is -22.2. The zero-order valence-corrected chi connectivity index (χ0v) is 30.2. The van der Waals surface area contributed by atoms with Gasteiger partial charge in [0.05, 0.1) is 33.0 Å². The molecule has 3 saturated heterocycles. The highest BCUT2D eigenvalue weighted by Gasteiger charge is 2.53. The lowest BCUT2D eigenvalue weighted by molar-refractivity contribution is -0.364. The lowest BCUT2D eigenvalue weighted by Crippen LogP contribution is -2.65. The molecular formula is C36H48O20. The molecule has 3 aliphatic heterocycles. The molecule has 0 unspecified atom stereocenters. The number of benzene rings is 2. The van der Waals surface area contributed by atoms with Gasteiger partial charge in [-0.3, -0.25) is 0 Å². The van der Waals surface area contributed by atoms with Crippen LogP contribution in [0.15, 0.2) is 42.5 Å². The summed E-state index contributed by atoms with van der Waals surface area (Å²) in [5, 5.41) is 113. The number of hydrogen-bond donors (Lipinski definition) is 11. The van der Waals surface area contributed by atoms with Crippen LogP contribution in [0.5, 0.6) is 23.0 Å². The first-order chi connectivity index (χ1) is 26.6. The van der Waals surface area contributed by atoms with E-state index in [9.17, 15) is 61.0 Å². The molecule has 3 heterocycles. The number of aliphatic hydroxyl groups excluding tert-OH is 8. The molecule has 3 fully saturated rings. The highest BCUT2D eigenvalue weighted by molar-refractivity contribution is 5.87. The van der Waals surface area contributed by atoms with E-state index in [1.165, 1.54) is 56.5 Å². The molecule has 5 rings (SSSR count). The summed E-state index contributed by atoms with van der Waals surface area (Å²) in [6.45, 7) is -0.207. The van der Waals surface area contributed by atoms with E-state index >= 15 is 0 Å². The van der Waals surface area contributed by atoms with Gasteiger partial charge in [0.25, 0.3) is 0 Å². The minimum absolute atomic E-state index is 0.115. The van der Waals surface area contributed by atoms with Crippen molar-refractivity contribution in [2.24, 2.45) is 0 Å². The quantitative estimate of drug-likeness (QED) is 0.0519. The van der Waals surface area contributed by atoms with Crippen LogP contribution in [-0.2, 0) is 44.4 Å². The molecule has 56 heavy (non-hydrogen) atoms. The molecule has 2 aromatic rings. The zero-order valence-electron chi connectivity index (χ0n) is 30.2. The molecule has 0 radical (unpaired) electrons. The Morgan fingerprint density at radius 3 is 2.07 bits per heavy atom. The molecule has 0 aromatic heterocycles. The average molecular weight is 801 g/mol. The van der Waals surface area contributed by atoms with Crippen LogP contribution in [0, 0.1) is 0 Å². The van der Waals surface area contributed by atoms with Crippen LogP contribution in [-0.4, -0.2) is 181 Å². The van der Waals surface area contributed by atoms with Crippen molar-refractivity contribution in [2.45, 2.75) is 105 Å². The van der Waals surface area contributed by atoms with E-state index in [0.717, 1.165) is 6.08 Å². The summed E-state index contributed by atoms with van der Waals surface area (Å²) in [5.41, 5.74) is 0.925. The number of ether oxygens (including phenoxy) is 8. The van der Waals surface area contributed by atoms with Gasteiger partial charge in [-0.15, -0.1) is 0 Å². The summed E-state index contributed by atoms with van der Waals surface area (Å²) >= 11 is 0. The van der Waals surface area contributed by atoms with Crippen LogP contribution < -0.4 is 4.74 Å². The lowest BCUT2D eigenvalue weighted by Gasteiger charge is -2.47. The number of aliphatic hydroxyl groups is 8. The van der Waals surface area contributed by atoms with Crippen molar-refractivity contribution in [1.82, 2.24) is 0 Å². The molecule has 2 aromatic carbocycles.